The molecule has 0 amide bonds. The molecule has 0 aromatic carbocycles. The van der Waals surface area contributed by atoms with E-state index in [-0.39, 0.29) is 0 Å². The standard InChI is InChI=1S/C6H12ClNO2.H3O3P/c1-4(2)3-5(8-7)6(9)10;1-4(2)3/h4-5,8H,3H2,1-2H3,(H,9,10);4H,(H2,1,2,3). The number of carbonyl (C=O) groups is 1. The minimum atomic E-state index is -3.13. The van der Waals surface area contributed by atoms with E-state index in [9.17, 15) is 4.79 Å². The molecule has 0 saturated carbocycles. The molecule has 0 aliphatic heterocycles. The van der Waals surface area contributed by atoms with Crippen LogP contribution in [-0.4, -0.2) is 26.9 Å². The van der Waals surface area contributed by atoms with E-state index in [1.165, 1.54) is 0 Å². The lowest BCUT2D eigenvalue weighted by molar-refractivity contribution is -0.139. The maximum absolute atomic E-state index is 10.3. The molecule has 0 radical (unpaired) electrons. The molecular weight excluding hydrogens is 232 g/mol. The SMILES string of the molecule is CC(C)CC(NCl)C(=O)O.O=[PH](O)O. The van der Waals surface area contributed by atoms with E-state index >= 15 is 0 Å². The van der Waals surface area contributed by atoms with Crippen LogP contribution in [0.1, 0.15) is 20.3 Å². The lowest BCUT2D eigenvalue weighted by atomic mass is 10.1. The number of carboxylic acid groups (broad SMARTS) is 1. The highest BCUT2D eigenvalue weighted by atomic mass is 35.5. The Labute approximate surface area is 88.0 Å². The number of carboxylic acids is 1. The van der Waals surface area contributed by atoms with Crippen molar-refractivity contribution in [1.29, 1.82) is 0 Å². The van der Waals surface area contributed by atoms with Crippen LogP contribution in [-0.2, 0) is 9.36 Å². The number of hydrogen-bond acceptors (Lipinski definition) is 3. The summed E-state index contributed by atoms with van der Waals surface area (Å²) in [5, 5.41) is 8.48. The van der Waals surface area contributed by atoms with E-state index in [4.69, 9.17) is 31.2 Å². The van der Waals surface area contributed by atoms with Gasteiger partial charge in [0.15, 0.2) is 0 Å². The summed E-state index contributed by atoms with van der Waals surface area (Å²) < 4.78 is 8.74. The van der Waals surface area contributed by atoms with Crippen molar-refractivity contribution in [3.05, 3.63) is 0 Å². The van der Waals surface area contributed by atoms with Crippen molar-refractivity contribution >= 4 is 26.0 Å². The number of nitrogens with one attached hydrogen (secondary N) is 1. The number of rotatable bonds is 4. The summed E-state index contributed by atoms with van der Waals surface area (Å²) in [6.07, 6.45) is 0.554. The third-order valence-corrected chi connectivity index (χ3v) is 1.40. The first-order chi connectivity index (χ1) is 6.31. The zero-order valence-corrected chi connectivity index (χ0v) is 9.65. The molecule has 0 saturated heterocycles. The summed E-state index contributed by atoms with van der Waals surface area (Å²) in [6, 6.07) is -0.623. The molecule has 86 valence electrons. The minimum absolute atomic E-state index is 0.340. The summed E-state index contributed by atoms with van der Waals surface area (Å²) in [4.78, 5) is 26.8. The molecule has 0 bridgehead atoms. The first kappa shape index (κ1) is 16.3. The quantitative estimate of drug-likeness (QED) is 0.428. The summed E-state index contributed by atoms with van der Waals surface area (Å²) in [5.74, 6) is -0.559. The highest BCUT2D eigenvalue weighted by molar-refractivity contribution is 7.30. The molecule has 0 fully saturated rings. The van der Waals surface area contributed by atoms with E-state index in [0.29, 0.717) is 12.3 Å². The van der Waals surface area contributed by atoms with Gasteiger partial charge in [0.25, 0.3) is 0 Å². The maximum Gasteiger partial charge on any atom is 0.321 e. The van der Waals surface area contributed by atoms with Crippen LogP contribution in [0.4, 0.5) is 0 Å². The lowest BCUT2D eigenvalue weighted by Crippen LogP contribution is -2.31. The second-order valence-corrected chi connectivity index (χ2v) is 3.70. The van der Waals surface area contributed by atoms with Gasteiger partial charge in [-0.3, -0.25) is 9.36 Å². The topological polar surface area (TPSA) is 107 Å². The Bertz CT molecular complexity index is 185. The van der Waals surface area contributed by atoms with Gasteiger partial charge in [0, 0.05) is 0 Å². The minimum Gasteiger partial charge on any atom is -0.480 e. The molecule has 14 heavy (non-hydrogen) atoms. The Morgan fingerprint density at radius 2 is 1.86 bits per heavy atom. The van der Waals surface area contributed by atoms with E-state index < -0.39 is 20.3 Å². The summed E-state index contributed by atoms with van der Waals surface area (Å²) in [6.45, 7) is 3.90. The predicted molar refractivity (Wildman–Crippen MR) is 53.3 cm³/mol. The van der Waals surface area contributed by atoms with Gasteiger partial charge in [-0.15, -0.1) is 0 Å². The normalized spacial score (nSPS) is 12.2. The molecule has 0 aliphatic carbocycles. The maximum atomic E-state index is 10.3. The van der Waals surface area contributed by atoms with Crippen molar-refractivity contribution in [3.63, 3.8) is 0 Å². The molecule has 0 aromatic heterocycles. The van der Waals surface area contributed by atoms with Crippen molar-refractivity contribution in [3.8, 4) is 0 Å². The molecule has 0 aromatic rings. The van der Waals surface area contributed by atoms with Gasteiger partial charge in [0.05, 0.1) is 0 Å². The molecule has 0 heterocycles. The molecule has 6 nitrogen and oxygen atoms in total. The second-order valence-electron chi connectivity index (χ2n) is 2.91. The average Bonchev–Trinajstić information content (AvgIpc) is 1.98. The van der Waals surface area contributed by atoms with Crippen molar-refractivity contribution in [2.75, 3.05) is 0 Å². The van der Waals surface area contributed by atoms with Crippen molar-refractivity contribution in [1.82, 2.24) is 4.84 Å². The molecular formula is C6H15ClNO5P. The Morgan fingerprint density at radius 3 is 1.93 bits per heavy atom. The Balaban J connectivity index is 0. The van der Waals surface area contributed by atoms with Gasteiger partial charge < -0.3 is 14.9 Å². The van der Waals surface area contributed by atoms with Crippen LogP contribution < -0.4 is 4.84 Å². The van der Waals surface area contributed by atoms with Crippen LogP contribution >= 0.6 is 20.0 Å². The van der Waals surface area contributed by atoms with Crippen molar-refractivity contribution < 1.29 is 24.3 Å². The first-order valence-corrected chi connectivity index (χ1v) is 5.50. The lowest BCUT2D eigenvalue weighted by Gasteiger charge is -2.10. The number of hydrogen-bond donors (Lipinski definition) is 4. The van der Waals surface area contributed by atoms with Crippen LogP contribution in [0, 0.1) is 5.92 Å². The van der Waals surface area contributed by atoms with Gasteiger partial charge >= 0.3 is 14.2 Å². The molecule has 8 heteroatoms. The second kappa shape index (κ2) is 9.43. The number of halogens is 1. The molecule has 1 unspecified atom stereocenters. The van der Waals surface area contributed by atoms with Crippen LogP contribution in [0.2, 0.25) is 0 Å². The van der Waals surface area contributed by atoms with E-state index in [1.807, 2.05) is 13.8 Å². The Kier molecular flexibility index (Phi) is 11.0. The average molecular weight is 248 g/mol. The van der Waals surface area contributed by atoms with Crippen LogP contribution in [0.25, 0.3) is 0 Å². The van der Waals surface area contributed by atoms with Crippen molar-refractivity contribution in [2.45, 2.75) is 26.3 Å². The molecule has 0 rings (SSSR count). The van der Waals surface area contributed by atoms with Gasteiger partial charge in [0.2, 0.25) is 0 Å². The fourth-order valence-electron chi connectivity index (χ4n) is 0.663. The third-order valence-electron chi connectivity index (χ3n) is 1.14. The largest absolute Gasteiger partial charge is 0.480 e. The highest BCUT2D eigenvalue weighted by Gasteiger charge is 2.16. The Morgan fingerprint density at radius 1 is 1.50 bits per heavy atom. The van der Waals surface area contributed by atoms with Gasteiger partial charge in [-0.25, -0.2) is 4.84 Å². The van der Waals surface area contributed by atoms with Crippen LogP contribution in [0.3, 0.4) is 0 Å². The summed E-state index contributed by atoms with van der Waals surface area (Å²) in [5.41, 5.74) is 0. The van der Waals surface area contributed by atoms with Gasteiger partial charge in [-0.2, -0.15) is 0 Å². The summed E-state index contributed by atoms with van der Waals surface area (Å²) in [7, 11) is -3.13. The smallest absolute Gasteiger partial charge is 0.321 e. The highest BCUT2D eigenvalue weighted by Crippen LogP contribution is 2.04. The molecule has 0 aliphatic rings. The van der Waals surface area contributed by atoms with E-state index in [1.54, 1.807) is 0 Å². The van der Waals surface area contributed by atoms with Crippen LogP contribution in [0.15, 0.2) is 0 Å². The monoisotopic (exact) mass is 247 g/mol. The molecule has 1 atom stereocenters. The molecule has 4 N–H and O–H groups in total. The molecule has 0 spiro atoms. The van der Waals surface area contributed by atoms with Gasteiger partial charge in [-0.1, -0.05) is 13.8 Å². The summed E-state index contributed by atoms with van der Waals surface area (Å²) >= 11 is 5.18. The van der Waals surface area contributed by atoms with Crippen LogP contribution in [0.5, 0.6) is 0 Å². The fraction of sp³-hybridized carbons (Fsp3) is 0.833. The van der Waals surface area contributed by atoms with E-state index in [0.717, 1.165) is 0 Å². The van der Waals surface area contributed by atoms with Crippen molar-refractivity contribution in [2.24, 2.45) is 5.92 Å². The zero-order chi connectivity index (χ0) is 11.7. The predicted octanol–water partition coefficient (Wildman–Crippen LogP) is 0.590. The fourth-order valence-corrected chi connectivity index (χ4v) is 0.846. The zero-order valence-electron chi connectivity index (χ0n) is 7.90. The third kappa shape index (κ3) is 14.4. The van der Waals surface area contributed by atoms with Gasteiger partial charge in [0.1, 0.15) is 6.04 Å². The Hall–Kier alpha value is -0.130. The van der Waals surface area contributed by atoms with E-state index in [2.05, 4.69) is 4.84 Å². The first-order valence-electron chi connectivity index (χ1n) is 3.82. The number of aliphatic carboxylic acids is 1. The van der Waals surface area contributed by atoms with Gasteiger partial charge in [-0.05, 0) is 24.1 Å².